The Morgan fingerprint density at radius 2 is 1.11 bits per heavy atom. The molecule has 0 bridgehead atoms. The third kappa shape index (κ3) is 33.2. The Bertz CT molecular complexity index is 442. The first-order valence-electron chi connectivity index (χ1n) is 11.1. The maximum absolute atomic E-state index is 9.33. The number of hydrogen-bond donors (Lipinski definition) is 1. The number of nitrogens with zero attached hydrogens (tertiary/aromatic N) is 1. The molecule has 0 saturated carbocycles. The zero-order chi connectivity index (χ0) is 21.7. The van der Waals surface area contributed by atoms with E-state index in [1.165, 1.54) is 96.4 Å². The van der Waals surface area contributed by atoms with Crippen LogP contribution in [-0.2, 0) is 14.6 Å². The van der Waals surface area contributed by atoms with E-state index in [-0.39, 0.29) is 0 Å². The molecular weight excluding hydrogens is 374 g/mol. The van der Waals surface area contributed by atoms with Crippen molar-refractivity contribution in [2.24, 2.45) is 0 Å². The predicted octanol–water partition coefficient (Wildman–Crippen LogP) is 6.17. The van der Waals surface area contributed by atoms with Crippen LogP contribution in [0.3, 0.4) is 0 Å². The van der Waals surface area contributed by atoms with Gasteiger partial charge < -0.3 is 4.48 Å². The third-order valence-corrected chi connectivity index (χ3v) is 4.97. The molecule has 0 aliphatic carbocycles. The van der Waals surface area contributed by atoms with Crippen molar-refractivity contribution in [1.29, 1.82) is 0 Å². The van der Waals surface area contributed by atoms with Gasteiger partial charge in [-0.3, -0.25) is 8.74 Å². The molecule has 0 heterocycles. The van der Waals surface area contributed by atoms with Crippen molar-refractivity contribution in [3.05, 3.63) is 12.2 Å². The predicted molar refractivity (Wildman–Crippen MR) is 121 cm³/mol. The lowest BCUT2D eigenvalue weighted by Gasteiger charge is -2.23. The van der Waals surface area contributed by atoms with Gasteiger partial charge in [0.2, 0.25) is 0 Å². The fourth-order valence-electron chi connectivity index (χ4n) is 2.83. The molecule has 0 fully saturated rings. The number of unbranched alkanes of at least 4 members (excludes halogenated alkanes) is 12. The highest BCUT2D eigenvalue weighted by atomic mass is 32.3. The van der Waals surface area contributed by atoms with Gasteiger partial charge in [-0.1, -0.05) is 70.4 Å². The van der Waals surface area contributed by atoms with Crippen LogP contribution >= 0.6 is 0 Å². The SMILES string of the molecule is CCCCCCCC/C=C/CCCCCCCC[N+](C)(C)C.COS(=O)(=O)O. The van der Waals surface area contributed by atoms with Crippen LogP contribution in [0.15, 0.2) is 12.2 Å². The van der Waals surface area contributed by atoms with Crippen LogP contribution in [-0.4, -0.2) is 52.3 Å². The molecule has 0 saturated heterocycles. The molecule has 6 heteroatoms. The Labute approximate surface area is 176 Å². The van der Waals surface area contributed by atoms with E-state index in [1.807, 2.05) is 0 Å². The minimum atomic E-state index is -4.16. The van der Waals surface area contributed by atoms with Crippen LogP contribution < -0.4 is 0 Å². The van der Waals surface area contributed by atoms with Gasteiger partial charge in [0.15, 0.2) is 0 Å². The van der Waals surface area contributed by atoms with Crippen LogP contribution in [0.1, 0.15) is 96.8 Å². The first-order valence-corrected chi connectivity index (χ1v) is 12.5. The summed E-state index contributed by atoms with van der Waals surface area (Å²) in [7, 11) is 3.58. The lowest BCUT2D eigenvalue weighted by atomic mass is 10.1. The third-order valence-electron chi connectivity index (χ3n) is 4.55. The van der Waals surface area contributed by atoms with Crippen LogP contribution in [0, 0.1) is 0 Å². The average molecular weight is 423 g/mol. The standard InChI is InChI=1S/C21H44N.CH4O4S/c1-5-6-7-8-9-10-11-12-13-14-15-16-17-18-19-20-21-22(2,3)4;1-5-6(2,3)4/h12-13H,5-11,14-21H2,1-4H3;1H3,(H,2,3,4)/q+1;/b13-12+;. The quantitative estimate of drug-likeness (QED) is 0.132. The molecule has 5 nitrogen and oxygen atoms in total. The van der Waals surface area contributed by atoms with E-state index in [0.29, 0.717) is 0 Å². The second-order valence-electron chi connectivity index (χ2n) is 8.55. The maximum atomic E-state index is 9.33. The van der Waals surface area contributed by atoms with E-state index in [0.717, 1.165) is 11.6 Å². The minimum absolute atomic E-state index is 0.870. The molecule has 28 heavy (non-hydrogen) atoms. The van der Waals surface area contributed by atoms with Gasteiger partial charge >= 0.3 is 10.4 Å². The van der Waals surface area contributed by atoms with E-state index < -0.39 is 10.4 Å². The van der Waals surface area contributed by atoms with E-state index >= 15 is 0 Å². The number of hydrogen-bond acceptors (Lipinski definition) is 3. The number of rotatable bonds is 17. The van der Waals surface area contributed by atoms with Gasteiger partial charge in [0.25, 0.3) is 0 Å². The second-order valence-corrected chi connectivity index (χ2v) is 9.73. The minimum Gasteiger partial charge on any atom is -0.331 e. The Hall–Kier alpha value is -0.430. The molecular formula is C22H48NO4S+. The van der Waals surface area contributed by atoms with E-state index in [4.69, 9.17) is 4.55 Å². The van der Waals surface area contributed by atoms with Crippen molar-refractivity contribution in [3.63, 3.8) is 0 Å². The van der Waals surface area contributed by atoms with Crippen LogP contribution in [0.2, 0.25) is 0 Å². The molecule has 0 atom stereocenters. The van der Waals surface area contributed by atoms with Crippen molar-refractivity contribution in [2.45, 2.75) is 96.8 Å². The zero-order valence-electron chi connectivity index (χ0n) is 19.3. The summed E-state index contributed by atoms with van der Waals surface area (Å²) in [4.78, 5) is 0. The fraction of sp³-hybridized carbons (Fsp3) is 0.909. The van der Waals surface area contributed by atoms with Crippen LogP contribution in [0.25, 0.3) is 0 Å². The highest BCUT2D eigenvalue weighted by Gasteiger charge is 2.04. The highest BCUT2D eigenvalue weighted by Crippen LogP contribution is 2.10. The molecule has 0 aliphatic heterocycles. The van der Waals surface area contributed by atoms with Gasteiger partial charge in [-0.2, -0.15) is 8.42 Å². The number of allylic oxidation sites excluding steroid dienone is 2. The van der Waals surface area contributed by atoms with E-state index in [1.54, 1.807) is 0 Å². The van der Waals surface area contributed by atoms with Crippen molar-refractivity contribution in [1.82, 2.24) is 0 Å². The van der Waals surface area contributed by atoms with Crippen molar-refractivity contribution < 1.29 is 21.6 Å². The van der Waals surface area contributed by atoms with Gasteiger partial charge in [0.1, 0.15) is 0 Å². The fourth-order valence-corrected chi connectivity index (χ4v) is 2.83. The van der Waals surface area contributed by atoms with E-state index in [2.05, 4.69) is 44.4 Å². The van der Waals surface area contributed by atoms with Gasteiger partial charge in [-0.15, -0.1) is 0 Å². The first kappa shape index (κ1) is 29.8. The molecule has 0 aromatic rings. The summed E-state index contributed by atoms with van der Waals surface area (Å²) in [5.41, 5.74) is 0. The Balaban J connectivity index is 0. The Kier molecular flexibility index (Phi) is 21.1. The maximum Gasteiger partial charge on any atom is 0.397 e. The van der Waals surface area contributed by atoms with Crippen LogP contribution in [0.4, 0.5) is 0 Å². The second kappa shape index (κ2) is 19.9. The first-order chi connectivity index (χ1) is 13.1. The summed E-state index contributed by atoms with van der Waals surface area (Å²) in [6.45, 7) is 3.61. The summed E-state index contributed by atoms with van der Waals surface area (Å²) >= 11 is 0. The van der Waals surface area contributed by atoms with Gasteiger partial charge in [-0.25, -0.2) is 0 Å². The monoisotopic (exact) mass is 422 g/mol. The molecule has 0 radical (unpaired) electrons. The summed E-state index contributed by atoms with van der Waals surface area (Å²) in [6.07, 6.45) is 24.4. The molecule has 0 rings (SSSR count). The largest absolute Gasteiger partial charge is 0.397 e. The lowest BCUT2D eigenvalue weighted by Crippen LogP contribution is -2.35. The molecule has 1 N–H and O–H groups in total. The Morgan fingerprint density at radius 3 is 1.46 bits per heavy atom. The summed E-state index contributed by atoms with van der Waals surface area (Å²) in [5, 5.41) is 0. The van der Waals surface area contributed by atoms with Gasteiger partial charge in [-0.05, 0) is 38.5 Å². The molecule has 0 spiro atoms. The lowest BCUT2D eigenvalue weighted by molar-refractivity contribution is -0.870. The molecule has 0 aromatic heterocycles. The van der Waals surface area contributed by atoms with Crippen molar-refractivity contribution >= 4 is 10.4 Å². The summed E-state index contributed by atoms with van der Waals surface area (Å²) in [6, 6.07) is 0. The van der Waals surface area contributed by atoms with Gasteiger partial charge in [0.05, 0.1) is 34.8 Å². The van der Waals surface area contributed by atoms with Gasteiger partial charge in [0, 0.05) is 0 Å². The van der Waals surface area contributed by atoms with E-state index in [9.17, 15) is 8.42 Å². The molecule has 0 unspecified atom stereocenters. The molecule has 170 valence electrons. The topological polar surface area (TPSA) is 63.6 Å². The molecule has 0 aromatic carbocycles. The summed E-state index contributed by atoms with van der Waals surface area (Å²) < 4.78 is 30.8. The summed E-state index contributed by atoms with van der Waals surface area (Å²) in [5.74, 6) is 0. The van der Waals surface area contributed by atoms with Crippen molar-refractivity contribution in [2.75, 3.05) is 34.8 Å². The molecule has 0 amide bonds. The zero-order valence-corrected chi connectivity index (χ0v) is 20.1. The smallest absolute Gasteiger partial charge is 0.331 e. The number of quaternary nitrogens is 1. The molecule has 0 aliphatic rings. The van der Waals surface area contributed by atoms with Crippen LogP contribution in [0.5, 0.6) is 0 Å². The van der Waals surface area contributed by atoms with Crippen molar-refractivity contribution in [3.8, 4) is 0 Å². The average Bonchev–Trinajstić information content (AvgIpc) is 2.60. The highest BCUT2D eigenvalue weighted by molar-refractivity contribution is 7.80. The normalized spacial score (nSPS) is 12.2. The Morgan fingerprint density at radius 1 is 0.750 bits per heavy atom.